The Labute approximate surface area is 127 Å². The minimum absolute atomic E-state index is 0.234. The number of H-pyrrole nitrogens is 1. The molecular weight excluding hydrogens is 268 g/mol. The Bertz CT molecular complexity index is 437. The third-order valence-corrected chi connectivity index (χ3v) is 3.51. The molecule has 0 radical (unpaired) electrons. The van der Waals surface area contributed by atoms with Gasteiger partial charge in [0.1, 0.15) is 5.60 Å². The summed E-state index contributed by atoms with van der Waals surface area (Å²) in [6.07, 6.45) is 1.33. The van der Waals surface area contributed by atoms with Crippen LogP contribution in [0.5, 0.6) is 0 Å². The van der Waals surface area contributed by atoms with Crippen LogP contribution >= 0.6 is 0 Å². The number of amides is 1. The van der Waals surface area contributed by atoms with Crippen LogP contribution in [0.3, 0.4) is 0 Å². The normalized spacial score (nSPS) is 14.8. The number of nitrogens with one attached hydrogen (secondary N) is 3. The van der Waals surface area contributed by atoms with Crippen LogP contribution in [0.4, 0.5) is 4.79 Å². The van der Waals surface area contributed by atoms with Crippen molar-refractivity contribution in [3.8, 4) is 0 Å². The van der Waals surface area contributed by atoms with Gasteiger partial charge in [-0.05, 0) is 39.7 Å². The molecule has 0 bridgehead atoms. The zero-order chi connectivity index (χ0) is 16.1. The molecule has 120 valence electrons. The molecule has 0 saturated heterocycles. The van der Waals surface area contributed by atoms with Gasteiger partial charge in [0, 0.05) is 30.5 Å². The zero-order valence-electron chi connectivity index (χ0n) is 13.9. The maximum Gasteiger partial charge on any atom is 0.407 e. The number of carbonyl (C=O) groups excluding carboxylic acids is 1. The van der Waals surface area contributed by atoms with E-state index in [1.165, 1.54) is 0 Å². The summed E-state index contributed by atoms with van der Waals surface area (Å²) in [5.74, 6) is 0.343. The van der Waals surface area contributed by atoms with Crippen molar-refractivity contribution in [3.05, 3.63) is 18.0 Å². The summed E-state index contributed by atoms with van der Waals surface area (Å²) in [5.41, 5.74) is 0.295. The molecule has 0 aliphatic rings. The first kappa shape index (κ1) is 17.5. The average Bonchev–Trinajstić information content (AvgIpc) is 2.84. The molecule has 6 heteroatoms. The molecule has 0 aromatic carbocycles. The summed E-state index contributed by atoms with van der Waals surface area (Å²) in [6.45, 7) is 13.1. The Kier molecular flexibility index (Phi) is 5.78. The van der Waals surface area contributed by atoms with E-state index in [0.29, 0.717) is 19.0 Å². The molecule has 1 aromatic rings. The molecule has 1 unspecified atom stereocenters. The Hall–Kier alpha value is -1.56. The predicted molar refractivity (Wildman–Crippen MR) is 82.9 cm³/mol. The summed E-state index contributed by atoms with van der Waals surface area (Å²) in [5, 5.41) is 13.2. The monoisotopic (exact) mass is 296 g/mol. The van der Waals surface area contributed by atoms with E-state index in [2.05, 4.69) is 41.6 Å². The van der Waals surface area contributed by atoms with Gasteiger partial charge in [0.05, 0.1) is 0 Å². The Morgan fingerprint density at radius 3 is 2.52 bits per heavy atom. The van der Waals surface area contributed by atoms with Gasteiger partial charge in [0.15, 0.2) is 0 Å². The molecule has 6 nitrogen and oxygen atoms in total. The lowest BCUT2D eigenvalue weighted by Crippen LogP contribution is -2.55. The van der Waals surface area contributed by atoms with Crippen molar-refractivity contribution >= 4 is 6.09 Å². The van der Waals surface area contributed by atoms with Crippen LogP contribution < -0.4 is 10.6 Å². The molecule has 0 aliphatic heterocycles. The molecule has 1 rings (SSSR count). The maximum atomic E-state index is 11.8. The second-order valence-electron chi connectivity index (χ2n) is 6.86. The van der Waals surface area contributed by atoms with Gasteiger partial charge in [-0.15, -0.1) is 0 Å². The average molecular weight is 296 g/mol. The molecule has 1 heterocycles. The number of carbonyl (C=O) groups is 1. The standard InChI is InChI=1S/C15H28N4O2/c1-11(2)15(6,17-9-12-7-8-18-19-12)10-16-13(20)21-14(3,4)5/h7-8,11,17H,9-10H2,1-6H3,(H,16,20)(H,18,19). The fourth-order valence-electron chi connectivity index (χ4n) is 1.72. The van der Waals surface area contributed by atoms with Crippen LogP contribution in [0.15, 0.2) is 12.3 Å². The lowest BCUT2D eigenvalue weighted by Gasteiger charge is -2.35. The van der Waals surface area contributed by atoms with Crippen LogP contribution in [0.2, 0.25) is 0 Å². The minimum Gasteiger partial charge on any atom is -0.444 e. The molecule has 0 fully saturated rings. The quantitative estimate of drug-likeness (QED) is 0.753. The highest BCUT2D eigenvalue weighted by Gasteiger charge is 2.29. The third kappa shape index (κ3) is 6.16. The van der Waals surface area contributed by atoms with Crippen molar-refractivity contribution in [2.75, 3.05) is 6.54 Å². The SMILES string of the molecule is CC(C)C(C)(CNC(=O)OC(C)(C)C)NCc1ccn[nH]1. The smallest absolute Gasteiger partial charge is 0.407 e. The van der Waals surface area contributed by atoms with Crippen LogP contribution in [-0.4, -0.2) is 34.0 Å². The molecule has 1 atom stereocenters. The van der Waals surface area contributed by atoms with Crippen LogP contribution in [0.1, 0.15) is 47.2 Å². The Morgan fingerprint density at radius 2 is 2.05 bits per heavy atom. The highest BCUT2D eigenvalue weighted by molar-refractivity contribution is 5.67. The molecule has 21 heavy (non-hydrogen) atoms. The van der Waals surface area contributed by atoms with Crippen LogP contribution in [0, 0.1) is 5.92 Å². The summed E-state index contributed by atoms with van der Waals surface area (Å²) in [7, 11) is 0. The minimum atomic E-state index is -0.484. The molecule has 1 amide bonds. The van der Waals surface area contributed by atoms with Gasteiger partial charge in [-0.1, -0.05) is 13.8 Å². The Balaban J connectivity index is 2.53. The zero-order valence-corrected chi connectivity index (χ0v) is 13.9. The molecule has 3 N–H and O–H groups in total. The lowest BCUT2D eigenvalue weighted by molar-refractivity contribution is 0.0503. The second-order valence-corrected chi connectivity index (χ2v) is 6.86. The molecule has 0 aliphatic carbocycles. The highest BCUT2D eigenvalue weighted by atomic mass is 16.6. The number of alkyl carbamates (subject to hydrolysis) is 1. The first-order valence-corrected chi connectivity index (χ1v) is 7.32. The first-order valence-electron chi connectivity index (χ1n) is 7.32. The van der Waals surface area contributed by atoms with Gasteiger partial charge in [-0.3, -0.25) is 5.10 Å². The number of rotatable bonds is 6. The van der Waals surface area contributed by atoms with E-state index in [0.717, 1.165) is 5.69 Å². The van der Waals surface area contributed by atoms with Gasteiger partial charge < -0.3 is 15.4 Å². The van der Waals surface area contributed by atoms with Crippen molar-refractivity contribution in [3.63, 3.8) is 0 Å². The van der Waals surface area contributed by atoms with Crippen molar-refractivity contribution in [1.82, 2.24) is 20.8 Å². The van der Waals surface area contributed by atoms with Crippen molar-refractivity contribution < 1.29 is 9.53 Å². The molecule has 0 saturated carbocycles. The summed E-state index contributed by atoms with van der Waals surface area (Å²) < 4.78 is 5.27. The molecule has 1 aromatic heterocycles. The first-order chi connectivity index (χ1) is 9.62. The van der Waals surface area contributed by atoms with Gasteiger partial charge in [0.25, 0.3) is 0 Å². The number of aromatic amines is 1. The van der Waals surface area contributed by atoms with Crippen molar-refractivity contribution in [2.24, 2.45) is 5.92 Å². The van der Waals surface area contributed by atoms with Gasteiger partial charge in [-0.2, -0.15) is 5.10 Å². The molecule has 0 spiro atoms. The fourth-order valence-corrected chi connectivity index (χ4v) is 1.72. The number of hydrogen-bond donors (Lipinski definition) is 3. The Morgan fingerprint density at radius 1 is 1.38 bits per heavy atom. The summed E-state index contributed by atoms with van der Waals surface area (Å²) >= 11 is 0. The largest absolute Gasteiger partial charge is 0.444 e. The van der Waals surface area contributed by atoms with E-state index in [1.54, 1.807) is 6.20 Å². The highest BCUT2D eigenvalue weighted by Crippen LogP contribution is 2.16. The van der Waals surface area contributed by atoms with E-state index in [4.69, 9.17) is 4.74 Å². The fraction of sp³-hybridized carbons (Fsp3) is 0.733. The van der Waals surface area contributed by atoms with Crippen LogP contribution in [-0.2, 0) is 11.3 Å². The maximum absolute atomic E-state index is 11.8. The van der Waals surface area contributed by atoms with E-state index in [9.17, 15) is 4.79 Å². The van der Waals surface area contributed by atoms with E-state index < -0.39 is 11.7 Å². The summed E-state index contributed by atoms with van der Waals surface area (Å²) in [6, 6.07) is 1.93. The summed E-state index contributed by atoms with van der Waals surface area (Å²) in [4.78, 5) is 11.8. The lowest BCUT2D eigenvalue weighted by atomic mass is 9.88. The van der Waals surface area contributed by atoms with Gasteiger partial charge in [0.2, 0.25) is 0 Å². The van der Waals surface area contributed by atoms with Gasteiger partial charge >= 0.3 is 6.09 Å². The van der Waals surface area contributed by atoms with E-state index >= 15 is 0 Å². The number of hydrogen-bond acceptors (Lipinski definition) is 4. The number of ether oxygens (including phenoxy) is 1. The molecular formula is C15H28N4O2. The van der Waals surface area contributed by atoms with Crippen molar-refractivity contribution in [2.45, 2.75) is 59.2 Å². The topological polar surface area (TPSA) is 79.0 Å². The third-order valence-electron chi connectivity index (χ3n) is 3.51. The van der Waals surface area contributed by atoms with Crippen molar-refractivity contribution in [1.29, 1.82) is 0 Å². The van der Waals surface area contributed by atoms with E-state index in [1.807, 2.05) is 26.8 Å². The van der Waals surface area contributed by atoms with Crippen LogP contribution in [0.25, 0.3) is 0 Å². The van der Waals surface area contributed by atoms with Gasteiger partial charge in [-0.25, -0.2) is 4.79 Å². The van der Waals surface area contributed by atoms with E-state index in [-0.39, 0.29) is 5.54 Å². The second kappa shape index (κ2) is 6.93. The number of aromatic nitrogens is 2. The number of nitrogens with zero attached hydrogens (tertiary/aromatic N) is 1. The predicted octanol–water partition coefficient (Wildman–Crippen LogP) is 2.44.